The number of anilines is 2. The van der Waals surface area contributed by atoms with Crippen molar-refractivity contribution in [1.82, 2.24) is 4.98 Å². The summed E-state index contributed by atoms with van der Waals surface area (Å²) < 4.78 is 0. The van der Waals surface area contributed by atoms with Crippen molar-refractivity contribution in [2.45, 2.75) is 40.5 Å². The van der Waals surface area contributed by atoms with Crippen molar-refractivity contribution in [2.24, 2.45) is 5.92 Å². The molecule has 0 saturated carbocycles. The highest BCUT2D eigenvalue weighted by molar-refractivity contribution is 5.55. The van der Waals surface area contributed by atoms with E-state index in [1.54, 1.807) is 6.07 Å². The lowest BCUT2D eigenvalue weighted by Gasteiger charge is -2.26. The Hall–Kier alpha value is -1.85. The number of aromatic nitrogens is 1. The van der Waals surface area contributed by atoms with Gasteiger partial charge >= 0.3 is 0 Å². The van der Waals surface area contributed by atoms with E-state index in [0.717, 1.165) is 25.9 Å². The Balaban J connectivity index is 3.09. The van der Waals surface area contributed by atoms with Gasteiger partial charge in [0.15, 0.2) is 0 Å². The highest BCUT2D eigenvalue weighted by atomic mass is 16.6. The molecule has 1 aromatic rings. The zero-order valence-electron chi connectivity index (χ0n) is 13.4. The van der Waals surface area contributed by atoms with Crippen LogP contribution >= 0.6 is 0 Å². The van der Waals surface area contributed by atoms with Gasteiger partial charge in [0.1, 0.15) is 11.6 Å². The van der Waals surface area contributed by atoms with Crippen LogP contribution in [0, 0.1) is 16.0 Å². The van der Waals surface area contributed by atoms with Crippen LogP contribution in [0.5, 0.6) is 0 Å². The molecule has 21 heavy (non-hydrogen) atoms. The Morgan fingerprint density at radius 1 is 1.29 bits per heavy atom. The average molecular weight is 294 g/mol. The van der Waals surface area contributed by atoms with Crippen LogP contribution in [0.1, 0.15) is 40.5 Å². The van der Waals surface area contributed by atoms with E-state index in [0.29, 0.717) is 24.1 Å². The van der Waals surface area contributed by atoms with Gasteiger partial charge in [-0.05, 0) is 19.8 Å². The second-order valence-electron chi connectivity index (χ2n) is 5.08. The summed E-state index contributed by atoms with van der Waals surface area (Å²) in [4.78, 5) is 17.3. The van der Waals surface area contributed by atoms with Gasteiger partial charge in [0.2, 0.25) is 0 Å². The number of hydrogen-bond donors (Lipinski definition) is 1. The van der Waals surface area contributed by atoms with Gasteiger partial charge in [-0.25, -0.2) is 4.98 Å². The molecular formula is C15H26N4O2. The second kappa shape index (κ2) is 8.44. The molecule has 0 saturated heterocycles. The van der Waals surface area contributed by atoms with Crippen molar-refractivity contribution < 1.29 is 4.92 Å². The third-order valence-electron chi connectivity index (χ3n) is 3.70. The molecule has 0 atom stereocenters. The van der Waals surface area contributed by atoms with Crippen LogP contribution < -0.4 is 10.2 Å². The Bertz CT molecular complexity index is 461. The van der Waals surface area contributed by atoms with Crippen molar-refractivity contribution >= 4 is 17.3 Å². The van der Waals surface area contributed by atoms with E-state index in [-0.39, 0.29) is 10.6 Å². The highest BCUT2D eigenvalue weighted by Crippen LogP contribution is 2.24. The monoisotopic (exact) mass is 294 g/mol. The minimum Gasteiger partial charge on any atom is -0.370 e. The fourth-order valence-corrected chi connectivity index (χ4v) is 2.28. The van der Waals surface area contributed by atoms with Gasteiger partial charge in [-0.15, -0.1) is 0 Å². The fraction of sp³-hybridized carbons (Fsp3) is 0.667. The molecule has 0 aliphatic carbocycles. The topological polar surface area (TPSA) is 71.3 Å². The van der Waals surface area contributed by atoms with Crippen molar-refractivity contribution in [3.63, 3.8) is 0 Å². The van der Waals surface area contributed by atoms with Crippen molar-refractivity contribution in [3.8, 4) is 0 Å². The first kappa shape index (κ1) is 17.2. The maximum atomic E-state index is 11.1. The lowest BCUT2D eigenvalue weighted by Crippen LogP contribution is -2.30. The quantitative estimate of drug-likeness (QED) is 0.555. The number of rotatable bonds is 9. The van der Waals surface area contributed by atoms with E-state index in [1.165, 1.54) is 6.07 Å². The first-order valence-corrected chi connectivity index (χ1v) is 7.70. The van der Waals surface area contributed by atoms with Gasteiger partial charge in [0.25, 0.3) is 5.69 Å². The summed E-state index contributed by atoms with van der Waals surface area (Å²) in [6.45, 7) is 10.7. The van der Waals surface area contributed by atoms with Crippen molar-refractivity contribution in [2.75, 3.05) is 29.9 Å². The SMILES string of the molecule is CCNc1cc([N+](=O)[O-])cc(N(CC)CC(CC)CC)n1. The first-order chi connectivity index (χ1) is 10.0. The lowest BCUT2D eigenvalue weighted by molar-refractivity contribution is -0.384. The maximum Gasteiger partial charge on any atom is 0.276 e. The molecule has 0 bridgehead atoms. The van der Waals surface area contributed by atoms with Gasteiger partial charge in [-0.2, -0.15) is 0 Å². The molecule has 0 aliphatic rings. The number of nitrogens with zero attached hydrogens (tertiary/aromatic N) is 3. The predicted molar refractivity (Wildman–Crippen MR) is 87.0 cm³/mol. The molecule has 0 amide bonds. The number of hydrogen-bond acceptors (Lipinski definition) is 5. The Morgan fingerprint density at radius 2 is 1.95 bits per heavy atom. The van der Waals surface area contributed by atoms with Crippen LogP contribution in [0.3, 0.4) is 0 Å². The van der Waals surface area contributed by atoms with E-state index in [1.807, 2.05) is 6.92 Å². The molecule has 1 rings (SSSR count). The summed E-state index contributed by atoms with van der Waals surface area (Å²) in [5.74, 6) is 1.81. The van der Waals surface area contributed by atoms with Gasteiger partial charge in [-0.3, -0.25) is 10.1 Å². The second-order valence-corrected chi connectivity index (χ2v) is 5.08. The van der Waals surface area contributed by atoms with E-state index < -0.39 is 0 Å². The van der Waals surface area contributed by atoms with Crippen LogP contribution in [0.4, 0.5) is 17.3 Å². The summed E-state index contributed by atoms with van der Waals surface area (Å²) in [6, 6.07) is 3.05. The zero-order valence-corrected chi connectivity index (χ0v) is 13.4. The molecule has 0 aromatic carbocycles. The van der Waals surface area contributed by atoms with Crippen LogP contribution in [0.15, 0.2) is 12.1 Å². The average Bonchev–Trinajstić information content (AvgIpc) is 2.48. The van der Waals surface area contributed by atoms with E-state index in [9.17, 15) is 10.1 Å². The van der Waals surface area contributed by atoms with Gasteiger partial charge in [0, 0.05) is 19.6 Å². The fourth-order valence-electron chi connectivity index (χ4n) is 2.28. The smallest absolute Gasteiger partial charge is 0.276 e. The standard InChI is InChI=1S/C15H26N4O2/c1-5-12(6-2)11-18(8-4)15-10-13(19(20)21)9-14(17-15)16-7-3/h9-10,12H,5-8,11H2,1-4H3,(H,16,17). The molecule has 6 nitrogen and oxygen atoms in total. The number of nitrogens with one attached hydrogen (secondary N) is 1. The molecule has 0 radical (unpaired) electrons. The third kappa shape index (κ3) is 4.88. The number of pyridine rings is 1. The summed E-state index contributed by atoms with van der Waals surface area (Å²) in [6.07, 6.45) is 2.20. The molecule has 0 fully saturated rings. The normalized spacial score (nSPS) is 10.7. The van der Waals surface area contributed by atoms with Crippen molar-refractivity contribution in [1.29, 1.82) is 0 Å². The Kier molecular flexibility index (Phi) is 6.91. The molecule has 0 unspecified atom stereocenters. The van der Waals surface area contributed by atoms with Crippen LogP contribution in [-0.4, -0.2) is 29.5 Å². The van der Waals surface area contributed by atoms with Crippen LogP contribution in [-0.2, 0) is 0 Å². The summed E-state index contributed by atoms with van der Waals surface area (Å²) in [7, 11) is 0. The van der Waals surface area contributed by atoms with E-state index in [4.69, 9.17) is 0 Å². The van der Waals surface area contributed by atoms with Crippen LogP contribution in [0.25, 0.3) is 0 Å². The van der Waals surface area contributed by atoms with E-state index >= 15 is 0 Å². The van der Waals surface area contributed by atoms with Crippen molar-refractivity contribution in [3.05, 3.63) is 22.2 Å². The predicted octanol–water partition coefficient (Wildman–Crippen LogP) is 3.68. The minimum atomic E-state index is -0.364. The Labute approximate surface area is 126 Å². The van der Waals surface area contributed by atoms with Gasteiger partial charge in [-0.1, -0.05) is 26.7 Å². The first-order valence-electron chi connectivity index (χ1n) is 7.70. The molecule has 0 aliphatic heterocycles. The summed E-state index contributed by atoms with van der Waals surface area (Å²) in [5.41, 5.74) is 0.0824. The molecule has 118 valence electrons. The van der Waals surface area contributed by atoms with Gasteiger partial charge in [0.05, 0.1) is 17.1 Å². The molecular weight excluding hydrogens is 268 g/mol. The number of nitro groups is 1. The summed E-state index contributed by atoms with van der Waals surface area (Å²) >= 11 is 0. The zero-order chi connectivity index (χ0) is 15.8. The molecule has 1 N–H and O–H groups in total. The minimum absolute atomic E-state index is 0.0824. The third-order valence-corrected chi connectivity index (χ3v) is 3.70. The molecule has 1 aromatic heterocycles. The Morgan fingerprint density at radius 3 is 2.43 bits per heavy atom. The molecule has 1 heterocycles. The van der Waals surface area contributed by atoms with Gasteiger partial charge < -0.3 is 10.2 Å². The summed E-state index contributed by atoms with van der Waals surface area (Å²) in [5, 5.41) is 14.1. The highest BCUT2D eigenvalue weighted by Gasteiger charge is 2.17. The molecule has 0 spiro atoms. The maximum absolute atomic E-state index is 11.1. The van der Waals surface area contributed by atoms with Crippen LogP contribution in [0.2, 0.25) is 0 Å². The largest absolute Gasteiger partial charge is 0.370 e. The lowest BCUT2D eigenvalue weighted by atomic mass is 10.0. The van der Waals surface area contributed by atoms with E-state index in [2.05, 4.69) is 36.0 Å². The molecule has 6 heteroatoms.